The normalized spacial score (nSPS) is 13.2. The zero-order valence-electron chi connectivity index (χ0n) is 18.0. The molecule has 7 heteroatoms. The quantitative estimate of drug-likeness (QED) is 0.468. The molecular formula is C25H24N4O3. The lowest BCUT2D eigenvalue weighted by molar-refractivity contribution is 0.395. The van der Waals surface area contributed by atoms with Gasteiger partial charge < -0.3 is 14.8 Å². The van der Waals surface area contributed by atoms with Crippen LogP contribution in [-0.4, -0.2) is 28.8 Å². The predicted octanol–water partition coefficient (Wildman–Crippen LogP) is 4.48. The summed E-state index contributed by atoms with van der Waals surface area (Å²) in [5.74, 6) is 2.58. The number of pyridine rings is 1. The molecule has 4 aromatic rings. The molecule has 1 N–H and O–H groups in total. The summed E-state index contributed by atoms with van der Waals surface area (Å²) in [7, 11) is 3.23. The molecule has 1 aliphatic carbocycles. The molecule has 0 aliphatic heterocycles. The van der Waals surface area contributed by atoms with Gasteiger partial charge in [0.1, 0.15) is 17.3 Å². The highest BCUT2D eigenvalue weighted by Crippen LogP contribution is 2.39. The second-order valence-electron chi connectivity index (χ2n) is 7.96. The van der Waals surface area contributed by atoms with E-state index in [0.717, 1.165) is 35.6 Å². The molecule has 162 valence electrons. The first-order chi connectivity index (χ1) is 15.6. The van der Waals surface area contributed by atoms with Crippen molar-refractivity contribution in [1.29, 1.82) is 0 Å². The van der Waals surface area contributed by atoms with E-state index in [9.17, 15) is 4.79 Å². The maximum atomic E-state index is 13.5. The standard InChI is InChI=1S/C25H24N4O3/c1-31-20-10-19(11-21(13-20)32-2)27-18-7-8-23-22(12-18)25(30)29(24(28-23)17-5-6-17)15-16-4-3-9-26-14-16/h3-4,7-14,17,27H,5-6,15H2,1-2H3. The zero-order chi connectivity index (χ0) is 22.1. The highest BCUT2D eigenvalue weighted by atomic mass is 16.5. The topological polar surface area (TPSA) is 78.3 Å². The van der Waals surface area contributed by atoms with Crippen LogP contribution < -0.4 is 20.3 Å². The molecule has 7 nitrogen and oxygen atoms in total. The number of hydrogen-bond acceptors (Lipinski definition) is 6. The Hall–Kier alpha value is -3.87. The number of ether oxygens (including phenoxy) is 2. The third-order valence-corrected chi connectivity index (χ3v) is 5.63. The van der Waals surface area contributed by atoms with Crippen LogP contribution in [0.2, 0.25) is 0 Å². The summed E-state index contributed by atoms with van der Waals surface area (Å²) >= 11 is 0. The molecule has 0 unspecified atom stereocenters. The number of methoxy groups -OCH3 is 2. The van der Waals surface area contributed by atoms with Gasteiger partial charge in [-0.2, -0.15) is 0 Å². The van der Waals surface area contributed by atoms with E-state index in [1.54, 1.807) is 31.2 Å². The van der Waals surface area contributed by atoms with Gasteiger partial charge in [0.15, 0.2) is 0 Å². The van der Waals surface area contributed by atoms with Crippen LogP contribution in [0, 0.1) is 0 Å². The Morgan fingerprint density at radius 3 is 2.47 bits per heavy atom. The fraction of sp³-hybridized carbons (Fsp3) is 0.240. The maximum absolute atomic E-state index is 13.5. The molecule has 1 saturated carbocycles. The molecule has 2 aromatic carbocycles. The summed E-state index contributed by atoms with van der Waals surface area (Å²) in [4.78, 5) is 22.6. The van der Waals surface area contributed by atoms with Crippen molar-refractivity contribution in [3.05, 3.63) is 82.7 Å². The maximum Gasteiger partial charge on any atom is 0.261 e. The van der Waals surface area contributed by atoms with Crippen molar-refractivity contribution >= 4 is 22.3 Å². The van der Waals surface area contributed by atoms with E-state index >= 15 is 0 Å². The fourth-order valence-electron chi connectivity index (χ4n) is 3.84. The van der Waals surface area contributed by atoms with E-state index in [-0.39, 0.29) is 5.56 Å². The Balaban J connectivity index is 1.55. The van der Waals surface area contributed by atoms with Crippen molar-refractivity contribution in [2.24, 2.45) is 0 Å². The first kappa shape index (κ1) is 20.1. The Morgan fingerprint density at radius 1 is 1.03 bits per heavy atom. The van der Waals surface area contributed by atoms with Crippen LogP contribution in [0.15, 0.2) is 65.7 Å². The average Bonchev–Trinajstić information content (AvgIpc) is 3.67. The Kier molecular flexibility index (Phi) is 5.23. The third kappa shape index (κ3) is 4.01. The second-order valence-corrected chi connectivity index (χ2v) is 7.96. The molecule has 0 atom stereocenters. The molecule has 1 fully saturated rings. The lowest BCUT2D eigenvalue weighted by Gasteiger charge is -2.15. The first-order valence-electron chi connectivity index (χ1n) is 10.6. The van der Waals surface area contributed by atoms with Crippen LogP contribution in [0.4, 0.5) is 11.4 Å². The highest BCUT2D eigenvalue weighted by Gasteiger charge is 2.29. The molecule has 2 aromatic heterocycles. The van der Waals surface area contributed by atoms with Gasteiger partial charge in [-0.1, -0.05) is 6.07 Å². The van der Waals surface area contributed by atoms with Gasteiger partial charge in [0.05, 0.1) is 31.7 Å². The lowest BCUT2D eigenvalue weighted by atomic mass is 10.2. The van der Waals surface area contributed by atoms with Gasteiger partial charge in [-0.05, 0) is 42.7 Å². The zero-order valence-corrected chi connectivity index (χ0v) is 18.0. The van der Waals surface area contributed by atoms with Crippen LogP contribution >= 0.6 is 0 Å². The van der Waals surface area contributed by atoms with Crippen molar-refractivity contribution in [2.45, 2.75) is 25.3 Å². The first-order valence-corrected chi connectivity index (χ1v) is 10.6. The summed E-state index contributed by atoms with van der Waals surface area (Å²) < 4.78 is 12.5. The van der Waals surface area contributed by atoms with Crippen molar-refractivity contribution in [2.75, 3.05) is 19.5 Å². The fourth-order valence-corrected chi connectivity index (χ4v) is 3.84. The summed E-state index contributed by atoms with van der Waals surface area (Å²) in [6.45, 7) is 0.464. The summed E-state index contributed by atoms with van der Waals surface area (Å²) in [5, 5.41) is 3.93. The SMILES string of the molecule is COc1cc(Nc2ccc3nc(C4CC4)n(Cc4cccnc4)c(=O)c3c2)cc(OC)c1. The van der Waals surface area contributed by atoms with Crippen molar-refractivity contribution in [3.8, 4) is 11.5 Å². The summed E-state index contributed by atoms with van der Waals surface area (Å²) in [5.41, 5.74) is 3.26. The van der Waals surface area contributed by atoms with Crippen LogP contribution in [0.3, 0.4) is 0 Å². The number of nitrogens with zero attached hydrogens (tertiary/aromatic N) is 3. The van der Waals surface area contributed by atoms with Crippen molar-refractivity contribution in [3.63, 3.8) is 0 Å². The van der Waals surface area contributed by atoms with Gasteiger partial charge in [0.2, 0.25) is 0 Å². The number of hydrogen-bond donors (Lipinski definition) is 1. The average molecular weight is 428 g/mol. The minimum absolute atomic E-state index is 0.0346. The Morgan fingerprint density at radius 2 is 1.81 bits per heavy atom. The number of fused-ring (bicyclic) bond motifs is 1. The van der Waals surface area contributed by atoms with Gasteiger partial charge in [0, 0.05) is 47.9 Å². The molecule has 2 heterocycles. The highest BCUT2D eigenvalue weighted by molar-refractivity contribution is 5.83. The van der Waals surface area contributed by atoms with Crippen LogP contribution in [0.1, 0.15) is 30.1 Å². The third-order valence-electron chi connectivity index (χ3n) is 5.63. The molecule has 0 spiro atoms. The summed E-state index contributed by atoms with van der Waals surface area (Å²) in [6.07, 6.45) is 5.67. The van der Waals surface area contributed by atoms with Gasteiger partial charge in [-0.15, -0.1) is 0 Å². The molecule has 0 bridgehead atoms. The number of anilines is 2. The smallest absolute Gasteiger partial charge is 0.261 e. The minimum atomic E-state index is -0.0346. The van der Waals surface area contributed by atoms with Gasteiger partial charge in [0.25, 0.3) is 5.56 Å². The van der Waals surface area contributed by atoms with Gasteiger partial charge >= 0.3 is 0 Å². The second kappa shape index (κ2) is 8.34. The van der Waals surface area contributed by atoms with Crippen LogP contribution in [-0.2, 0) is 6.54 Å². The number of rotatable bonds is 7. The molecule has 0 radical (unpaired) electrons. The van der Waals surface area contributed by atoms with E-state index < -0.39 is 0 Å². The molecule has 0 saturated heterocycles. The van der Waals surface area contributed by atoms with Crippen molar-refractivity contribution < 1.29 is 9.47 Å². The lowest BCUT2D eigenvalue weighted by Crippen LogP contribution is -2.25. The van der Waals surface area contributed by atoms with E-state index in [2.05, 4.69) is 10.3 Å². The Bertz CT molecular complexity index is 1310. The minimum Gasteiger partial charge on any atom is -0.497 e. The molecule has 32 heavy (non-hydrogen) atoms. The number of aromatic nitrogens is 3. The van der Waals surface area contributed by atoms with E-state index in [1.807, 2.05) is 48.5 Å². The summed E-state index contributed by atoms with van der Waals surface area (Å²) in [6, 6.07) is 15.1. The molecule has 0 amide bonds. The van der Waals surface area contributed by atoms with Gasteiger partial charge in [-0.3, -0.25) is 14.3 Å². The largest absolute Gasteiger partial charge is 0.497 e. The molecule has 5 rings (SSSR count). The predicted molar refractivity (Wildman–Crippen MR) is 124 cm³/mol. The van der Waals surface area contributed by atoms with E-state index in [0.29, 0.717) is 34.9 Å². The Labute approximate surface area is 185 Å². The van der Waals surface area contributed by atoms with E-state index in [4.69, 9.17) is 14.5 Å². The molecular weight excluding hydrogens is 404 g/mol. The van der Waals surface area contributed by atoms with E-state index in [1.165, 1.54) is 0 Å². The van der Waals surface area contributed by atoms with Gasteiger partial charge in [-0.25, -0.2) is 4.98 Å². The number of benzene rings is 2. The number of nitrogens with one attached hydrogen (secondary N) is 1. The molecule has 1 aliphatic rings. The van der Waals surface area contributed by atoms with Crippen LogP contribution in [0.5, 0.6) is 11.5 Å². The van der Waals surface area contributed by atoms with Crippen LogP contribution in [0.25, 0.3) is 10.9 Å². The monoisotopic (exact) mass is 428 g/mol. The van der Waals surface area contributed by atoms with Crippen molar-refractivity contribution in [1.82, 2.24) is 14.5 Å².